The molecule has 1 aliphatic rings. The van der Waals surface area contributed by atoms with E-state index in [0.717, 1.165) is 5.56 Å². The van der Waals surface area contributed by atoms with Gasteiger partial charge in [0, 0.05) is 30.3 Å². The SMILES string of the molecule is COc1ccc(-c2cc(CNC(=O)[C@@H]3CC(=O)N(c4ccc(F)cc4)C3)no2)cc1OC. The Balaban J connectivity index is 1.36. The van der Waals surface area contributed by atoms with Gasteiger partial charge in [0.05, 0.1) is 26.7 Å². The molecule has 0 aliphatic carbocycles. The molecular weight excluding hydrogens is 417 g/mol. The Hall–Kier alpha value is -3.88. The molecule has 1 saturated heterocycles. The monoisotopic (exact) mass is 439 g/mol. The van der Waals surface area contributed by atoms with Crippen molar-refractivity contribution >= 4 is 17.5 Å². The number of aromatic nitrogens is 1. The van der Waals surface area contributed by atoms with E-state index < -0.39 is 5.92 Å². The van der Waals surface area contributed by atoms with Gasteiger partial charge < -0.3 is 24.2 Å². The summed E-state index contributed by atoms with van der Waals surface area (Å²) >= 11 is 0. The predicted octanol–water partition coefficient (Wildman–Crippen LogP) is 3.17. The molecule has 1 atom stereocenters. The van der Waals surface area contributed by atoms with Gasteiger partial charge in [0.2, 0.25) is 11.8 Å². The Kier molecular flexibility index (Phi) is 6.07. The Labute approximate surface area is 183 Å². The summed E-state index contributed by atoms with van der Waals surface area (Å²) in [6.07, 6.45) is 0.0961. The minimum atomic E-state index is -0.496. The molecule has 0 radical (unpaired) electrons. The molecule has 0 bridgehead atoms. The molecule has 1 fully saturated rings. The lowest BCUT2D eigenvalue weighted by atomic mass is 10.1. The van der Waals surface area contributed by atoms with Gasteiger partial charge in [-0.2, -0.15) is 0 Å². The second kappa shape index (κ2) is 9.09. The van der Waals surface area contributed by atoms with E-state index in [4.69, 9.17) is 14.0 Å². The minimum Gasteiger partial charge on any atom is -0.493 e. The van der Waals surface area contributed by atoms with Crippen molar-refractivity contribution in [2.75, 3.05) is 25.7 Å². The number of carbonyl (C=O) groups excluding carboxylic acids is 2. The van der Waals surface area contributed by atoms with E-state index >= 15 is 0 Å². The quantitative estimate of drug-likeness (QED) is 0.608. The molecule has 9 heteroatoms. The van der Waals surface area contributed by atoms with Crippen molar-refractivity contribution in [3.63, 3.8) is 0 Å². The van der Waals surface area contributed by atoms with Crippen molar-refractivity contribution in [1.29, 1.82) is 0 Å². The summed E-state index contributed by atoms with van der Waals surface area (Å²) in [4.78, 5) is 26.4. The van der Waals surface area contributed by atoms with Crippen LogP contribution in [0.5, 0.6) is 11.5 Å². The number of hydrogen-bond acceptors (Lipinski definition) is 6. The lowest BCUT2D eigenvalue weighted by Gasteiger charge is -2.16. The van der Waals surface area contributed by atoms with Gasteiger partial charge in [-0.3, -0.25) is 9.59 Å². The third-order valence-corrected chi connectivity index (χ3v) is 5.30. The Morgan fingerprint density at radius 2 is 1.91 bits per heavy atom. The van der Waals surface area contributed by atoms with Gasteiger partial charge >= 0.3 is 0 Å². The smallest absolute Gasteiger partial charge is 0.227 e. The molecule has 3 aromatic rings. The fourth-order valence-corrected chi connectivity index (χ4v) is 3.60. The van der Waals surface area contributed by atoms with Crippen LogP contribution in [0.2, 0.25) is 0 Å². The second-order valence-corrected chi connectivity index (χ2v) is 7.35. The van der Waals surface area contributed by atoms with Gasteiger partial charge in [0.15, 0.2) is 17.3 Å². The first kappa shape index (κ1) is 21.4. The second-order valence-electron chi connectivity index (χ2n) is 7.35. The van der Waals surface area contributed by atoms with Gasteiger partial charge in [0.25, 0.3) is 0 Å². The number of nitrogens with one attached hydrogen (secondary N) is 1. The van der Waals surface area contributed by atoms with Crippen molar-refractivity contribution in [1.82, 2.24) is 10.5 Å². The van der Waals surface area contributed by atoms with E-state index in [9.17, 15) is 14.0 Å². The molecule has 0 unspecified atom stereocenters. The molecule has 1 N–H and O–H groups in total. The molecule has 4 rings (SSSR count). The van der Waals surface area contributed by atoms with Crippen molar-refractivity contribution in [3.8, 4) is 22.8 Å². The van der Waals surface area contributed by atoms with Crippen LogP contribution < -0.4 is 19.7 Å². The number of methoxy groups -OCH3 is 2. The van der Waals surface area contributed by atoms with Crippen molar-refractivity contribution < 1.29 is 28.0 Å². The van der Waals surface area contributed by atoms with E-state index in [1.807, 2.05) is 6.07 Å². The van der Waals surface area contributed by atoms with Crippen LogP contribution in [0, 0.1) is 11.7 Å². The first-order valence-corrected chi connectivity index (χ1v) is 10.00. The first-order valence-electron chi connectivity index (χ1n) is 10.00. The highest BCUT2D eigenvalue weighted by atomic mass is 19.1. The van der Waals surface area contributed by atoms with E-state index in [1.54, 1.807) is 32.4 Å². The fraction of sp³-hybridized carbons (Fsp3) is 0.261. The zero-order chi connectivity index (χ0) is 22.7. The first-order chi connectivity index (χ1) is 15.5. The molecule has 32 heavy (non-hydrogen) atoms. The highest BCUT2D eigenvalue weighted by Crippen LogP contribution is 2.32. The van der Waals surface area contributed by atoms with Gasteiger partial charge in [0.1, 0.15) is 11.5 Å². The number of nitrogens with zero attached hydrogens (tertiary/aromatic N) is 2. The summed E-state index contributed by atoms with van der Waals surface area (Å²) in [6.45, 7) is 0.406. The molecule has 0 spiro atoms. The van der Waals surface area contributed by atoms with Crippen LogP contribution in [0.4, 0.5) is 10.1 Å². The van der Waals surface area contributed by atoms with E-state index in [-0.39, 0.29) is 37.1 Å². The third kappa shape index (κ3) is 4.41. The third-order valence-electron chi connectivity index (χ3n) is 5.30. The van der Waals surface area contributed by atoms with Crippen LogP contribution in [0.1, 0.15) is 12.1 Å². The zero-order valence-corrected chi connectivity index (χ0v) is 17.6. The molecular formula is C23H22FN3O5. The summed E-state index contributed by atoms with van der Waals surface area (Å²) in [5.41, 5.74) is 1.87. The molecule has 2 aromatic carbocycles. The van der Waals surface area contributed by atoms with Crippen LogP contribution in [0.25, 0.3) is 11.3 Å². The van der Waals surface area contributed by atoms with E-state index in [1.165, 1.54) is 29.2 Å². The van der Waals surface area contributed by atoms with Crippen LogP contribution >= 0.6 is 0 Å². The summed E-state index contributed by atoms with van der Waals surface area (Å²) in [6, 6.07) is 12.7. The molecule has 1 aromatic heterocycles. The normalized spacial score (nSPS) is 15.7. The number of benzene rings is 2. The number of ether oxygens (including phenoxy) is 2. The number of halogens is 1. The van der Waals surface area contributed by atoms with Gasteiger partial charge in [-0.1, -0.05) is 5.16 Å². The molecule has 8 nitrogen and oxygen atoms in total. The highest BCUT2D eigenvalue weighted by Gasteiger charge is 2.35. The topological polar surface area (TPSA) is 93.9 Å². The van der Waals surface area contributed by atoms with Crippen LogP contribution in [0.15, 0.2) is 53.1 Å². The summed E-state index contributed by atoms with van der Waals surface area (Å²) < 4.78 is 29.1. The van der Waals surface area contributed by atoms with Crippen molar-refractivity contribution in [2.45, 2.75) is 13.0 Å². The zero-order valence-electron chi connectivity index (χ0n) is 17.6. The molecule has 2 amide bonds. The summed E-state index contributed by atoms with van der Waals surface area (Å²) in [5.74, 6) is 0.387. The van der Waals surface area contributed by atoms with Crippen LogP contribution in [-0.4, -0.2) is 37.7 Å². The maximum Gasteiger partial charge on any atom is 0.227 e. The number of carbonyl (C=O) groups is 2. The average Bonchev–Trinajstić information content (AvgIpc) is 3.44. The molecule has 166 valence electrons. The Morgan fingerprint density at radius 3 is 2.62 bits per heavy atom. The number of anilines is 1. The van der Waals surface area contributed by atoms with Crippen LogP contribution in [-0.2, 0) is 16.1 Å². The van der Waals surface area contributed by atoms with Gasteiger partial charge in [-0.15, -0.1) is 0 Å². The Morgan fingerprint density at radius 1 is 1.16 bits per heavy atom. The van der Waals surface area contributed by atoms with Crippen molar-refractivity contribution in [2.24, 2.45) is 5.92 Å². The van der Waals surface area contributed by atoms with Crippen molar-refractivity contribution in [3.05, 3.63) is 60.0 Å². The summed E-state index contributed by atoms with van der Waals surface area (Å²) in [7, 11) is 3.11. The number of amides is 2. The lowest BCUT2D eigenvalue weighted by Crippen LogP contribution is -2.32. The number of hydrogen-bond donors (Lipinski definition) is 1. The number of rotatable bonds is 7. The predicted molar refractivity (Wildman–Crippen MR) is 114 cm³/mol. The van der Waals surface area contributed by atoms with Crippen LogP contribution in [0.3, 0.4) is 0 Å². The van der Waals surface area contributed by atoms with E-state index in [0.29, 0.717) is 28.6 Å². The summed E-state index contributed by atoms with van der Waals surface area (Å²) in [5, 5.41) is 6.80. The highest BCUT2D eigenvalue weighted by molar-refractivity contribution is 6.00. The molecule has 1 aliphatic heterocycles. The largest absolute Gasteiger partial charge is 0.493 e. The maximum atomic E-state index is 13.1. The van der Waals surface area contributed by atoms with E-state index in [2.05, 4.69) is 10.5 Å². The fourth-order valence-electron chi connectivity index (χ4n) is 3.60. The lowest BCUT2D eigenvalue weighted by molar-refractivity contribution is -0.126. The van der Waals surface area contributed by atoms with Gasteiger partial charge in [-0.25, -0.2) is 4.39 Å². The standard InChI is InChI=1S/C23H22FN3O5/c1-30-19-8-3-14(9-21(19)31-2)20-11-17(26-32-20)12-25-23(29)15-10-22(28)27(13-15)18-6-4-16(24)5-7-18/h3-9,11,15H,10,12-13H2,1-2H3,(H,25,29)/t15-/m1/s1. The Bertz CT molecular complexity index is 1130. The maximum absolute atomic E-state index is 13.1. The molecule has 0 saturated carbocycles. The minimum absolute atomic E-state index is 0.0961. The van der Waals surface area contributed by atoms with Gasteiger partial charge in [-0.05, 0) is 42.5 Å². The average molecular weight is 439 g/mol. The molecule has 2 heterocycles.